The zero-order valence-corrected chi connectivity index (χ0v) is 64.1. The van der Waals surface area contributed by atoms with Crippen LogP contribution in [0.15, 0.2) is 431 Å². The number of aromatic nitrogens is 6. The second kappa shape index (κ2) is 27.3. The van der Waals surface area contributed by atoms with Gasteiger partial charge in [-0.15, -0.1) is 0 Å². The summed E-state index contributed by atoms with van der Waals surface area (Å²) in [6.45, 7) is 2.15. The van der Waals surface area contributed by atoms with Crippen molar-refractivity contribution in [2.24, 2.45) is 0 Å². The van der Waals surface area contributed by atoms with E-state index < -0.39 is 0 Å². The van der Waals surface area contributed by atoms with Gasteiger partial charge in [-0.25, -0.2) is 0 Å². The highest BCUT2D eigenvalue weighted by molar-refractivity contribution is 6.17. The van der Waals surface area contributed by atoms with E-state index in [1.165, 1.54) is 136 Å². The highest BCUT2D eigenvalue weighted by atomic mass is 15.2. The van der Waals surface area contributed by atoms with Crippen LogP contribution in [0.25, 0.3) is 165 Å². The molecule has 0 amide bonds. The molecule has 18 aromatic carbocycles. The van der Waals surface area contributed by atoms with Gasteiger partial charge in [-0.1, -0.05) is 218 Å². The van der Waals surface area contributed by atoms with Crippen LogP contribution in [0.1, 0.15) is 5.56 Å². The van der Waals surface area contributed by atoms with Gasteiger partial charge in [-0.2, -0.15) is 0 Å². The molecule has 0 spiro atoms. The summed E-state index contributed by atoms with van der Waals surface area (Å²) < 4.78 is 14.4. The van der Waals surface area contributed by atoms with Crippen LogP contribution in [0.2, 0.25) is 0 Å². The number of aryl methyl sites for hydroxylation is 1. The molecule has 0 aliphatic rings. The molecular formula is C109H74N8. The summed E-state index contributed by atoms with van der Waals surface area (Å²) in [4.78, 5) is 4.81. The largest absolute Gasteiger partial charge is 0.310 e. The van der Waals surface area contributed by atoms with Crippen molar-refractivity contribution in [3.8, 4) is 34.1 Å². The van der Waals surface area contributed by atoms with Crippen molar-refractivity contribution >= 4 is 165 Å². The Labute approximate surface area is 675 Å². The van der Waals surface area contributed by atoms with Crippen LogP contribution in [0.5, 0.6) is 0 Å². The highest BCUT2D eigenvalue weighted by Crippen LogP contribution is 2.47. The number of nitrogens with zero attached hydrogens (tertiary/aromatic N) is 8. The molecule has 0 N–H and O–H groups in total. The third-order valence-corrected chi connectivity index (χ3v) is 23.9. The third-order valence-electron chi connectivity index (χ3n) is 23.9. The lowest BCUT2D eigenvalue weighted by Crippen LogP contribution is -2.10. The average molecular weight is 1500 g/mol. The molecule has 8 heteroatoms. The molecule has 0 aliphatic carbocycles. The number of hydrogen-bond donors (Lipinski definition) is 0. The van der Waals surface area contributed by atoms with Gasteiger partial charge in [0.1, 0.15) is 0 Å². The fourth-order valence-corrected chi connectivity index (χ4v) is 18.7. The molecule has 550 valence electrons. The smallest absolute Gasteiger partial charge is 0.0542 e. The third kappa shape index (κ3) is 10.9. The van der Waals surface area contributed by atoms with Gasteiger partial charge in [-0.3, -0.25) is 0 Å². The Morgan fingerprint density at radius 3 is 0.607 bits per heavy atom. The SMILES string of the molecule is Cc1ccc(N(c2ccc3c(c2)c2ccccc2n3-c2ccccc2)c2ccc3c(c2)c2cc(-n4c5ccccc5c5ccccc54)ccc2n3-c2ccccc2)cc1.c1ccc(N(c2ccc3c(c2)c2ccccc2n3-c2ccccc2)c2ccc3c(c2)c2cc(-n4c5ccccc5c5ccccc54)ccc2n3-c2ccccc2)cc1. The summed E-state index contributed by atoms with van der Waals surface area (Å²) in [6.07, 6.45) is 0. The first-order chi connectivity index (χ1) is 58.0. The second-order valence-corrected chi connectivity index (χ2v) is 30.5. The lowest BCUT2D eigenvalue weighted by molar-refractivity contribution is 1.16. The number of anilines is 6. The molecule has 0 saturated carbocycles. The lowest BCUT2D eigenvalue weighted by Gasteiger charge is -2.26. The normalized spacial score (nSPS) is 11.8. The van der Waals surface area contributed by atoms with Gasteiger partial charge in [0.25, 0.3) is 0 Å². The number of para-hydroxylation sites is 11. The fourth-order valence-electron chi connectivity index (χ4n) is 18.7. The van der Waals surface area contributed by atoms with E-state index in [0.717, 1.165) is 68.2 Å². The van der Waals surface area contributed by atoms with Crippen molar-refractivity contribution < 1.29 is 0 Å². The van der Waals surface area contributed by atoms with E-state index in [4.69, 9.17) is 0 Å². The van der Waals surface area contributed by atoms with Crippen molar-refractivity contribution in [3.05, 3.63) is 436 Å². The second-order valence-electron chi connectivity index (χ2n) is 30.5. The lowest BCUT2D eigenvalue weighted by atomic mass is 10.1. The summed E-state index contributed by atoms with van der Waals surface area (Å²) >= 11 is 0. The van der Waals surface area contributed by atoms with Crippen LogP contribution < -0.4 is 9.80 Å². The monoisotopic (exact) mass is 1490 g/mol. The maximum atomic E-state index is 2.42. The van der Waals surface area contributed by atoms with E-state index in [-0.39, 0.29) is 0 Å². The predicted molar refractivity (Wildman–Crippen MR) is 493 cm³/mol. The molecule has 8 nitrogen and oxygen atoms in total. The van der Waals surface area contributed by atoms with Crippen LogP contribution in [-0.2, 0) is 0 Å². The molecule has 0 radical (unpaired) electrons. The van der Waals surface area contributed by atoms with Gasteiger partial charge in [0.2, 0.25) is 0 Å². The molecule has 6 heterocycles. The molecule has 0 atom stereocenters. The molecule has 24 rings (SSSR count). The topological polar surface area (TPSA) is 36.1 Å². The Morgan fingerprint density at radius 1 is 0.137 bits per heavy atom. The van der Waals surface area contributed by atoms with Crippen molar-refractivity contribution in [3.63, 3.8) is 0 Å². The fraction of sp³-hybridized carbons (Fsp3) is 0.00917. The van der Waals surface area contributed by atoms with Gasteiger partial charge < -0.3 is 37.2 Å². The van der Waals surface area contributed by atoms with Crippen molar-refractivity contribution in [1.29, 1.82) is 0 Å². The minimum absolute atomic E-state index is 1.10. The van der Waals surface area contributed by atoms with Crippen molar-refractivity contribution in [1.82, 2.24) is 27.4 Å². The number of fused-ring (bicyclic) bond motifs is 18. The molecule has 6 aromatic heterocycles. The average Bonchev–Trinajstić information content (AvgIpc) is 1.58. The van der Waals surface area contributed by atoms with E-state index in [2.05, 4.69) is 475 Å². The van der Waals surface area contributed by atoms with Crippen LogP contribution in [0.4, 0.5) is 34.1 Å². The Hall–Kier alpha value is -15.6. The first-order valence-electron chi connectivity index (χ1n) is 40.1. The first-order valence-corrected chi connectivity index (χ1v) is 40.1. The predicted octanol–water partition coefficient (Wildman–Crippen LogP) is 29.2. The quantitative estimate of drug-likeness (QED) is 0.122. The zero-order chi connectivity index (χ0) is 77.2. The number of rotatable bonds is 12. The molecule has 117 heavy (non-hydrogen) atoms. The Bertz CT molecular complexity index is 7900. The van der Waals surface area contributed by atoms with E-state index in [1.807, 2.05) is 0 Å². The van der Waals surface area contributed by atoms with Gasteiger partial charge in [0.15, 0.2) is 0 Å². The number of benzene rings is 18. The van der Waals surface area contributed by atoms with Crippen LogP contribution >= 0.6 is 0 Å². The standard InChI is InChI=1S/C55H38N4.C54H36N4/c1-37-24-26-40(27-25-37)56(41-28-31-53-47(34-41)46-20-10-13-23-52(46)57(53)38-14-4-2-5-15-38)42-29-32-54-48(35-42)49-36-43(30-33-55(49)58(54)39-16-6-3-7-17-39)59-50-21-11-8-18-44(50)45-19-9-12-22-51(45)59;1-4-16-37(17-5-1)55(40-28-31-52-46(34-40)45-24-12-15-27-51(45)56(52)38-18-6-2-7-19-38)41-29-32-53-47(35-41)48-36-42(30-33-54(48)57(53)39-20-8-3-9-21-39)58-49-25-13-10-22-43(49)44-23-11-14-26-50(44)58/h2-36H,1H3;1-36H. The van der Waals surface area contributed by atoms with Crippen molar-refractivity contribution in [2.45, 2.75) is 6.92 Å². The van der Waals surface area contributed by atoms with Gasteiger partial charge in [0, 0.05) is 133 Å². The molecule has 0 saturated heterocycles. The van der Waals surface area contributed by atoms with Crippen LogP contribution in [0, 0.1) is 6.92 Å². The Kier molecular flexibility index (Phi) is 15.7. The summed E-state index contributed by atoms with van der Waals surface area (Å²) in [5.41, 5.74) is 29.0. The molecule has 24 aromatic rings. The maximum absolute atomic E-state index is 2.42. The van der Waals surface area contributed by atoms with Crippen LogP contribution in [0.3, 0.4) is 0 Å². The van der Waals surface area contributed by atoms with E-state index in [9.17, 15) is 0 Å². The summed E-state index contributed by atoms with van der Waals surface area (Å²) in [5.74, 6) is 0. The number of hydrogen-bond acceptors (Lipinski definition) is 2. The Balaban J connectivity index is 0.000000138. The summed E-state index contributed by atoms with van der Waals surface area (Å²) in [5, 5.41) is 14.7. The van der Waals surface area contributed by atoms with E-state index in [0.29, 0.717) is 0 Å². The highest BCUT2D eigenvalue weighted by Gasteiger charge is 2.25. The minimum Gasteiger partial charge on any atom is -0.310 e. The van der Waals surface area contributed by atoms with E-state index >= 15 is 0 Å². The van der Waals surface area contributed by atoms with Crippen LogP contribution in [-0.4, -0.2) is 27.4 Å². The van der Waals surface area contributed by atoms with E-state index in [1.54, 1.807) is 0 Å². The minimum atomic E-state index is 1.10. The van der Waals surface area contributed by atoms with Gasteiger partial charge >= 0.3 is 0 Å². The molecule has 0 bridgehead atoms. The maximum Gasteiger partial charge on any atom is 0.0542 e. The summed E-state index contributed by atoms with van der Waals surface area (Å²) in [6, 6.07) is 157. The van der Waals surface area contributed by atoms with Crippen molar-refractivity contribution in [2.75, 3.05) is 9.80 Å². The zero-order valence-electron chi connectivity index (χ0n) is 64.1. The molecular weight excluding hydrogens is 1420 g/mol. The Morgan fingerprint density at radius 2 is 0.325 bits per heavy atom. The molecule has 0 fully saturated rings. The molecule has 0 unspecified atom stereocenters. The molecule has 0 aliphatic heterocycles. The first kappa shape index (κ1) is 67.1. The summed E-state index contributed by atoms with van der Waals surface area (Å²) in [7, 11) is 0. The van der Waals surface area contributed by atoms with Gasteiger partial charge in [-0.05, 0) is 225 Å². The van der Waals surface area contributed by atoms with Gasteiger partial charge in [0.05, 0.1) is 66.2 Å².